The van der Waals surface area contributed by atoms with Crippen LogP contribution in [0, 0.1) is 11.2 Å². The van der Waals surface area contributed by atoms with Crippen LogP contribution >= 0.6 is 0 Å². The van der Waals surface area contributed by atoms with Gasteiger partial charge in [-0.2, -0.15) is 0 Å². The van der Waals surface area contributed by atoms with Crippen molar-refractivity contribution in [2.75, 3.05) is 19.6 Å². The van der Waals surface area contributed by atoms with Gasteiger partial charge in [-0.05, 0) is 50.4 Å². The average Bonchev–Trinajstić information content (AvgIpc) is 3.07. The SMILES string of the molecule is CC[C@H](C)N1CC[C@@]2(CCN(Cc3cccc(F)c3)C2=O)C1. The lowest BCUT2D eigenvalue weighted by Gasteiger charge is -2.26. The molecule has 1 spiro atoms. The van der Waals surface area contributed by atoms with Crippen molar-refractivity contribution in [2.45, 2.75) is 45.7 Å². The molecular formula is C18H25FN2O. The third-order valence-corrected chi connectivity index (χ3v) is 5.46. The fraction of sp³-hybridized carbons (Fsp3) is 0.611. The molecule has 1 aromatic rings. The Morgan fingerprint density at radius 2 is 2.09 bits per heavy atom. The molecule has 120 valence electrons. The highest BCUT2D eigenvalue weighted by molar-refractivity contribution is 5.85. The minimum Gasteiger partial charge on any atom is -0.338 e. The van der Waals surface area contributed by atoms with Crippen molar-refractivity contribution in [3.8, 4) is 0 Å². The summed E-state index contributed by atoms with van der Waals surface area (Å²) >= 11 is 0. The molecular weight excluding hydrogens is 279 g/mol. The van der Waals surface area contributed by atoms with Crippen LogP contribution in [0.3, 0.4) is 0 Å². The minimum absolute atomic E-state index is 0.184. The molecule has 2 fully saturated rings. The van der Waals surface area contributed by atoms with Gasteiger partial charge < -0.3 is 4.90 Å². The number of hydrogen-bond acceptors (Lipinski definition) is 2. The highest BCUT2D eigenvalue weighted by Gasteiger charge is 2.50. The van der Waals surface area contributed by atoms with E-state index in [9.17, 15) is 9.18 Å². The summed E-state index contributed by atoms with van der Waals surface area (Å²) in [4.78, 5) is 17.2. The zero-order chi connectivity index (χ0) is 15.7. The van der Waals surface area contributed by atoms with Gasteiger partial charge in [0.15, 0.2) is 0 Å². The van der Waals surface area contributed by atoms with Crippen LogP contribution in [-0.4, -0.2) is 41.4 Å². The summed E-state index contributed by atoms with van der Waals surface area (Å²) in [5.41, 5.74) is 0.693. The van der Waals surface area contributed by atoms with Gasteiger partial charge in [0.1, 0.15) is 5.82 Å². The van der Waals surface area contributed by atoms with Crippen molar-refractivity contribution in [3.63, 3.8) is 0 Å². The van der Waals surface area contributed by atoms with E-state index in [-0.39, 0.29) is 17.1 Å². The Balaban J connectivity index is 1.68. The van der Waals surface area contributed by atoms with Gasteiger partial charge in [-0.25, -0.2) is 4.39 Å². The summed E-state index contributed by atoms with van der Waals surface area (Å²) in [5.74, 6) is 0.0326. The van der Waals surface area contributed by atoms with Crippen LogP contribution in [0.25, 0.3) is 0 Å². The minimum atomic E-state index is -0.234. The van der Waals surface area contributed by atoms with Crippen molar-refractivity contribution < 1.29 is 9.18 Å². The number of amides is 1. The van der Waals surface area contributed by atoms with Gasteiger partial charge >= 0.3 is 0 Å². The first-order valence-corrected chi connectivity index (χ1v) is 8.32. The molecule has 0 saturated carbocycles. The van der Waals surface area contributed by atoms with Crippen LogP contribution in [0.4, 0.5) is 4.39 Å². The molecule has 2 heterocycles. The molecule has 1 amide bonds. The van der Waals surface area contributed by atoms with Gasteiger partial charge in [-0.1, -0.05) is 19.1 Å². The van der Waals surface area contributed by atoms with Crippen LogP contribution in [0.5, 0.6) is 0 Å². The number of rotatable bonds is 4. The second kappa shape index (κ2) is 5.99. The van der Waals surface area contributed by atoms with Gasteiger partial charge in [-0.3, -0.25) is 9.69 Å². The monoisotopic (exact) mass is 304 g/mol. The van der Waals surface area contributed by atoms with Crippen LogP contribution in [0.2, 0.25) is 0 Å². The molecule has 0 bridgehead atoms. The molecule has 3 rings (SSSR count). The van der Waals surface area contributed by atoms with E-state index >= 15 is 0 Å². The van der Waals surface area contributed by atoms with E-state index in [1.54, 1.807) is 6.07 Å². The maximum Gasteiger partial charge on any atom is 0.230 e. The number of hydrogen-bond donors (Lipinski definition) is 0. The Kier molecular flexibility index (Phi) is 4.22. The molecule has 22 heavy (non-hydrogen) atoms. The second-order valence-electron chi connectivity index (χ2n) is 6.86. The van der Waals surface area contributed by atoms with Crippen LogP contribution < -0.4 is 0 Å². The predicted molar refractivity (Wildman–Crippen MR) is 84.8 cm³/mol. The molecule has 1 aromatic carbocycles. The van der Waals surface area contributed by atoms with E-state index in [0.717, 1.165) is 44.5 Å². The summed E-state index contributed by atoms with van der Waals surface area (Å²) in [7, 11) is 0. The Labute approximate surface area is 132 Å². The summed E-state index contributed by atoms with van der Waals surface area (Å²) in [6, 6.07) is 7.11. The van der Waals surface area contributed by atoms with E-state index in [1.165, 1.54) is 12.1 Å². The third-order valence-electron chi connectivity index (χ3n) is 5.46. The number of nitrogens with zero attached hydrogens (tertiary/aromatic N) is 2. The lowest BCUT2D eigenvalue weighted by atomic mass is 9.85. The molecule has 2 aliphatic heterocycles. The summed E-state index contributed by atoms with van der Waals surface area (Å²) in [6.45, 7) is 7.67. The fourth-order valence-corrected chi connectivity index (χ4v) is 3.82. The molecule has 0 N–H and O–H groups in total. The lowest BCUT2D eigenvalue weighted by Crippen LogP contribution is -2.38. The Hall–Kier alpha value is -1.42. The zero-order valence-corrected chi connectivity index (χ0v) is 13.5. The number of halogens is 1. The van der Waals surface area contributed by atoms with Crippen molar-refractivity contribution in [3.05, 3.63) is 35.6 Å². The maximum absolute atomic E-state index is 13.3. The molecule has 0 unspecified atom stereocenters. The van der Waals surface area contributed by atoms with E-state index in [0.29, 0.717) is 12.6 Å². The molecule has 2 atom stereocenters. The van der Waals surface area contributed by atoms with Crippen molar-refractivity contribution in [1.82, 2.24) is 9.80 Å². The molecule has 0 aliphatic carbocycles. The van der Waals surface area contributed by atoms with Crippen LogP contribution in [0.1, 0.15) is 38.7 Å². The zero-order valence-electron chi connectivity index (χ0n) is 13.5. The van der Waals surface area contributed by atoms with Crippen LogP contribution in [0.15, 0.2) is 24.3 Å². The average molecular weight is 304 g/mol. The lowest BCUT2D eigenvalue weighted by molar-refractivity contribution is -0.136. The van der Waals surface area contributed by atoms with E-state index in [1.807, 2.05) is 11.0 Å². The van der Waals surface area contributed by atoms with Gasteiger partial charge in [-0.15, -0.1) is 0 Å². The van der Waals surface area contributed by atoms with Gasteiger partial charge in [0.25, 0.3) is 0 Å². The Bertz CT molecular complexity index is 562. The number of likely N-dealkylation sites (tertiary alicyclic amines) is 2. The van der Waals surface area contributed by atoms with Gasteiger partial charge in [0, 0.05) is 25.7 Å². The fourth-order valence-electron chi connectivity index (χ4n) is 3.82. The van der Waals surface area contributed by atoms with E-state index < -0.39 is 0 Å². The highest BCUT2D eigenvalue weighted by Crippen LogP contribution is 2.41. The summed E-state index contributed by atoms with van der Waals surface area (Å²) in [6.07, 6.45) is 3.03. The van der Waals surface area contributed by atoms with Gasteiger partial charge in [0.05, 0.1) is 5.41 Å². The molecule has 3 nitrogen and oxygen atoms in total. The van der Waals surface area contributed by atoms with E-state index in [4.69, 9.17) is 0 Å². The smallest absolute Gasteiger partial charge is 0.230 e. The highest BCUT2D eigenvalue weighted by atomic mass is 19.1. The molecule has 4 heteroatoms. The Morgan fingerprint density at radius 1 is 1.32 bits per heavy atom. The topological polar surface area (TPSA) is 23.6 Å². The first kappa shape index (κ1) is 15.5. The molecule has 2 aliphatic rings. The maximum atomic E-state index is 13.3. The van der Waals surface area contributed by atoms with Gasteiger partial charge in [0.2, 0.25) is 5.91 Å². The first-order chi connectivity index (χ1) is 10.5. The number of carbonyl (C=O) groups is 1. The van der Waals surface area contributed by atoms with E-state index in [2.05, 4.69) is 18.7 Å². The van der Waals surface area contributed by atoms with Crippen LogP contribution in [-0.2, 0) is 11.3 Å². The quantitative estimate of drug-likeness (QED) is 0.853. The molecule has 0 aromatic heterocycles. The largest absolute Gasteiger partial charge is 0.338 e. The summed E-state index contributed by atoms with van der Waals surface area (Å²) in [5, 5.41) is 0. The first-order valence-electron chi connectivity index (χ1n) is 8.32. The number of carbonyl (C=O) groups excluding carboxylic acids is 1. The Morgan fingerprint density at radius 3 is 2.82 bits per heavy atom. The van der Waals surface area contributed by atoms with Crippen molar-refractivity contribution in [2.24, 2.45) is 5.41 Å². The predicted octanol–water partition coefficient (Wildman–Crippen LogP) is 3.05. The standard InChI is InChI=1S/C18H25FN2O/c1-3-14(2)21-10-8-18(13-21)7-9-20(17(18)22)12-15-5-4-6-16(19)11-15/h4-6,11,14H,3,7-10,12-13H2,1-2H3/t14-,18-/m0/s1. The molecule has 2 saturated heterocycles. The summed E-state index contributed by atoms with van der Waals surface area (Å²) < 4.78 is 13.3. The normalized spacial score (nSPS) is 27.0. The molecule has 0 radical (unpaired) electrons. The number of benzene rings is 1. The van der Waals surface area contributed by atoms with Crippen molar-refractivity contribution in [1.29, 1.82) is 0 Å². The third kappa shape index (κ3) is 2.76. The second-order valence-corrected chi connectivity index (χ2v) is 6.86. The van der Waals surface area contributed by atoms with Crippen molar-refractivity contribution >= 4 is 5.91 Å².